The van der Waals surface area contributed by atoms with Crippen molar-refractivity contribution < 1.29 is 4.79 Å². The highest BCUT2D eigenvalue weighted by molar-refractivity contribution is 5.78. The number of amides is 1. The Morgan fingerprint density at radius 2 is 2.04 bits per heavy atom. The van der Waals surface area contributed by atoms with E-state index in [1.165, 1.54) is 12.8 Å². The average Bonchev–Trinajstić information content (AvgIpc) is 2.94. The number of carbonyl (C=O) groups excluding carboxylic acids is 1. The van der Waals surface area contributed by atoms with Crippen LogP contribution < -0.4 is 5.32 Å². The Kier molecular flexibility index (Phi) is 5.29. The maximum absolute atomic E-state index is 12.7. The van der Waals surface area contributed by atoms with E-state index in [-0.39, 0.29) is 0 Å². The zero-order valence-corrected chi connectivity index (χ0v) is 14.9. The molecular weight excluding hydrogens is 314 g/mol. The Balaban J connectivity index is 1.37. The zero-order chi connectivity index (χ0) is 17.1. The van der Waals surface area contributed by atoms with E-state index in [2.05, 4.69) is 32.2 Å². The molecule has 6 heteroatoms. The van der Waals surface area contributed by atoms with Crippen LogP contribution in [0.25, 0.3) is 0 Å². The fourth-order valence-electron chi connectivity index (χ4n) is 4.51. The van der Waals surface area contributed by atoms with Crippen LogP contribution in [0.5, 0.6) is 0 Å². The molecule has 2 bridgehead atoms. The second-order valence-corrected chi connectivity index (χ2v) is 7.67. The standard InChI is InChI=1S/C19H29N5O/c25-19(23-9-7-20-8-10-23)15-24-12-16-4-5-18(24)14-22(11-16)13-17-3-1-2-6-21-17/h1-3,6,16,18,20H,4-5,7-15H2/t16-,18+/m0/s1. The molecule has 4 fully saturated rings. The van der Waals surface area contributed by atoms with Crippen LogP contribution in [0.4, 0.5) is 0 Å². The van der Waals surface area contributed by atoms with E-state index in [4.69, 9.17) is 0 Å². The number of hydrogen-bond acceptors (Lipinski definition) is 5. The van der Waals surface area contributed by atoms with Crippen LogP contribution in [0.15, 0.2) is 24.4 Å². The summed E-state index contributed by atoms with van der Waals surface area (Å²) in [5.41, 5.74) is 1.15. The van der Waals surface area contributed by atoms with Crippen molar-refractivity contribution in [3.63, 3.8) is 0 Å². The third-order valence-corrected chi connectivity index (χ3v) is 5.82. The Morgan fingerprint density at radius 3 is 2.84 bits per heavy atom. The van der Waals surface area contributed by atoms with Crippen molar-refractivity contribution in [3.8, 4) is 0 Å². The first-order valence-corrected chi connectivity index (χ1v) is 9.63. The predicted molar refractivity (Wildman–Crippen MR) is 97.0 cm³/mol. The number of carbonyl (C=O) groups is 1. The molecule has 1 aromatic rings. The van der Waals surface area contributed by atoms with Crippen molar-refractivity contribution in [2.45, 2.75) is 25.4 Å². The molecule has 1 amide bonds. The molecule has 0 saturated carbocycles. The Labute approximate surface area is 150 Å². The second-order valence-electron chi connectivity index (χ2n) is 7.67. The van der Waals surface area contributed by atoms with Crippen molar-refractivity contribution >= 4 is 5.91 Å². The molecule has 0 aromatic carbocycles. The van der Waals surface area contributed by atoms with Gasteiger partial charge in [0.05, 0.1) is 12.2 Å². The molecule has 1 N–H and O–H groups in total. The van der Waals surface area contributed by atoms with Crippen LogP contribution in [-0.2, 0) is 11.3 Å². The first-order valence-electron chi connectivity index (χ1n) is 9.63. The van der Waals surface area contributed by atoms with Gasteiger partial charge in [-0.25, -0.2) is 0 Å². The molecule has 6 nitrogen and oxygen atoms in total. The smallest absolute Gasteiger partial charge is 0.236 e. The molecule has 136 valence electrons. The lowest BCUT2D eigenvalue weighted by Gasteiger charge is -2.37. The van der Waals surface area contributed by atoms with E-state index in [1.54, 1.807) is 0 Å². The third kappa shape index (κ3) is 4.19. The Morgan fingerprint density at radius 1 is 1.16 bits per heavy atom. The highest BCUT2D eigenvalue weighted by atomic mass is 16.2. The van der Waals surface area contributed by atoms with Gasteiger partial charge >= 0.3 is 0 Å². The number of aromatic nitrogens is 1. The summed E-state index contributed by atoms with van der Waals surface area (Å²) >= 11 is 0. The SMILES string of the molecule is O=C(CN1C[C@H]2CC[C@@H]1CN(Cc1ccccn1)C2)N1CCNCC1. The van der Waals surface area contributed by atoms with Gasteiger partial charge in [0, 0.05) is 64.6 Å². The van der Waals surface area contributed by atoms with Gasteiger partial charge in [0.2, 0.25) is 5.91 Å². The molecule has 2 atom stereocenters. The highest BCUT2D eigenvalue weighted by Crippen LogP contribution is 2.28. The van der Waals surface area contributed by atoms with Crippen LogP contribution in [0.2, 0.25) is 0 Å². The number of hydrogen-bond donors (Lipinski definition) is 1. The summed E-state index contributed by atoms with van der Waals surface area (Å²) < 4.78 is 0. The van der Waals surface area contributed by atoms with Crippen molar-refractivity contribution in [1.82, 2.24) is 25.0 Å². The number of pyridine rings is 1. The molecule has 4 saturated heterocycles. The first-order chi connectivity index (χ1) is 12.3. The van der Waals surface area contributed by atoms with Gasteiger partial charge in [-0.1, -0.05) is 6.07 Å². The molecule has 5 rings (SSSR count). The number of piperidine rings is 1. The largest absolute Gasteiger partial charge is 0.339 e. The minimum atomic E-state index is 0.310. The van der Waals surface area contributed by atoms with Crippen molar-refractivity contribution in [3.05, 3.63) is 30.1 Å². The molecule has 0 unspecified atom stereocenters. The fraction of sp³-hybridized carbons (Fsp3) is 0.684. The maximum Gasteiger partial charge on any atom is 0.236 e. The molecule has 0 spiro atoms. The number of rotatable bonds is 4. The lowest BCUT2D eigenvalue weighted by molar-refractivity contribution is -0.134. The van der Waals surface area contributed by atoms with Gasteiger partial charge in [-0.3, -0.25) is 19.6 Å². The second kappa shape index (κ2) is 7.81. The molecule has 1 aromatic heterocycles. The summed E-state index contributed by atoms with van der Waals surface area (Å²) in [6.07, 6.45) is 4.39. The van der Waals surface area contributed by atoms with E-state index in [0.29, 0.717) is 24.4 Å². The van der Waals surface area contributed by atoms with Crippen LogP contribution in [0.3, 0.4) is 0 Å². The van der Waals surface area contributed by atoms with Crippen molar-refractivity contribution in [2.75, 3.05) is 52.4 Å². The minimum Gasteiger partial charge on any atom is -0.339 e. The summed E-state index contributed by atoms with van der Waals surface area (Å²) in [6, 6.07) is 6.65. The van der Waals surface area contributed by atoms with Gasteiger partial charge in [-0.2, -0.15) is 0 Å². The van der Waals surface area contributed by atoms with Crippen LogP contribution in [0.1, 0.15) is 18.5 Å². The summed E-state index contributed by atoms with van der Waals surface area (Å²) in [7, 11) is 0. The lowest BCUT2D eigenvalue weighted by atomic mass is 9.95. The van der Waals surface area contributed by atoms with Crippen LogP contribution in [-0.4, -0.2) is 84.0 Å². The normalized spacial score (nSPS) is 28.1. The van der Waals surface area contributed by atoms with E-state index in [1.807, 2.05) is 17.2 Å². The number of nitrogens with one attached hydrogen (secondary N) is 1. The van der Waals surface area contributed by atoms with E-state index in [0.717, 1.165) is 58.1 Å². The monoisotopic (exact) mass is 343 g/mol. The van der Waals surface area contributed by atoms with Crippen LogP contribution >= 0.6 is 0 Å². The Hall–Kier alpha value is -1.50. The quantitative estimate of drug-likeness (QED) is 0.858. The van der Waals surface area contributed by atoms with Gasteiger partial charge < -0.3 is 10.2 Å². The van der Waals surface area contributed by atoms with E-state index < -0.39 is 0 Å². The molecule has 5 heterocycles. The molecule has 0 radical (unpaired) electrons. The average molecular weight is 343 g/mol. The number of piperazine rings is 1. The van der Waals surface area contributed by atoms with E-state index in [9.17, 15) is 4.79 Å². The van der Waals surface area contributed by atoms with Crippen molar-refractivity contribution in [1.29, 1.82) is 0 Å². The highest BCUT2D eigenvalue weighted by Gasteiger charge is 2.36. The van der Waals surface area contributed by atoms with Gasteiger partial charge in [0.15, 0.2) is 0 Å². The van der Waals surface area contributed by atoms with E-state index >= 15 is 0 Å². The minimum absolute atomic E-state index is 0.310. The van der Waals surface area contributed by atoms with Gasteiger partial charge in [0.1, 0.15) is 0 Å². The lowest BCUT2D eigenvalue weighted by Crippen LogP contribution is -2.53. The molecular formula is C19H29N5O. The number of nitrogens with zero attached hydrogens (tertiary/aromatic N) is 4. The molecule has 25 heavy (non-hydrogen) atoms. The maximum atomic E-state index is 12.7. The topological polar surface area (TPSA) is 51.7 Å². The fourth-order valence-corrected chi connectivity index (χ4v) is 4.51. The molecule has 4 aliphatic rings. The van der Waals surface area contributed by atoms with Gasteiger partial charge in [0.25, 0.3) is 0 Å². The summed E-state index contributed by atoms with van der Waals surface area (Å²) in [6.45, 7) is 8.34. The number of fused-ring (bicyclic) bond motifs is 4. The van der Waals surface area contributed by atoms with Gasteiger partial charge in [-0.15, -0.1) is 0 Å². The summed E-state index contributed by atoms with van der Waals surface area (Å²) in [5.74, 6) is 0.989. The first kappa shape index (κ1) is 16.9. The molecule has 4 aliphatic heterocycles. The van der Waals surface area contributed by atoms with Crippen LogP contribution in [0, 0.1) is 5.92 Å². The molecule has 0 aliphatic carbocycles. The van der Waals surface area contributed by atoms with Gasteiger partial charge in [-0.05, 0) is 30.9 Å². The summed E-state index contributed by atoms with van der Waals surface area (Å²) in [4.78, 5) is 24.2. The predicted octanol–water partition coefficient (Wildman–Crippen LogP) is 0.410. The Bertz CT molecular complexity index is 574. The third-order valence-electron chi connectivity index (χ3n) is 5.82. The summed E-state index contributed by atoms with van der Waals surface area (Å²) in [5, 5.41) is 3.32. The van der Waals surface area contributed by atoms with Crippen molar-refractivity contribution in [2.24, 2.45) is 5.92 Å². The zero-order valence-electron chi connectivity index (χ0n) is 14.9.